The lowest BCUT2D eigenvalue weighted by Crippen LogP contribution is -2.06. The molecule has 0 saturated heterocycles. The second-order valence-corrected chi connectivity index (χ2v) is 3.43. The van der Waals surface area contributed by atoms with Crippen LogP contribution in [-0.4, -0.2) is 17.6 Å². The van der Waals surface area contributed by atoms with Crippen LogP contribution in [0.1, 0.15) is 25.3 Å². The topological polar surface area (TPSA) is 49.3 Å². The number of rotatable bonds is 6. The normalized spacial score (nSPS) is 9.93. The molecule has 0 saturated carbocycles. The van der Waals surface area contributed by atoms with Gasteiger partial charge in [-0.2, -0.15) is 0 Å². The fourth-order valence-corrected chi connectivity index (χ4v) is 1.46. The standard InChI is InChI=1S/C12H17NO2/c1-2-10-6-3-4-7-11(10)13-9-5-8-12(14)15/h3-4,6-7,13H,2,5,8-9H2,1H3,(H,14,15). The first-order valence-corrected chi connectivity index (χ1v) is 5.27. The van der Waals surface area contributed by atoms with Gasteiger partial charge in [0.2, 0.25) is 0 Å². The highest BCUT2D eigenvalue weighted by molar-refractivity contribution is 5.66. The van der Waals surface area contributed by atoms with Gasteiger partial charge >= 0.3 is 5.97 Å². The lowest BCUT2D eigenvalue weighted by molar-refractivity contribution is -0.137. The van der Waals surface area contributed by atoms with E-state index < -0.39 is 5.97 Å². The summed E-state index contributed by atoms with van der Waals surface area (Å²) in [6.07, 6.45) is 1.87. The van der Waals surface area contributed by atoms with E-state index in [1.807, 2.05) is 18.2 Å². The summed E-state index contributed by atoms with van der Waals surface area (Å²) in [7, 11) is 0. The van der Waals surface area contributed by atoms with Crippen LogP contribution in [0, 0.1) is 0 Å². The van der Waals surface area contributed by atoms with Crippen LogP contribution >= 0.6 is 0 Å². The van der Waals surface area contributed by atoms with Crippen molar-refractivity contribution >= 4 is 11.7 Å². The van der Waals surface area contributed by atoms with E-state index in [1.165, 1.54) is 5.56 Å². The van der Waals surface area contributed by atoms with E-state index in [0.29, 0.717) is 13.0 Å². The number of hydrogen-bond donors (Lipinski definition) is 2. The van der Waals surface area contributed by atoms with Crippen molar-refractivity contribution < 1.29 is 9.90 Å². The summed E-state index contributed by atoms with van der Waals surface area (Å²) in [5, 5.41) is 11.7. The lowest BCUT2D eigenvalue weighted by atomic mass is 10.1. The van der Waals surface area contributed by atoms with E-state index >= 15 is 0 Å². The molecule has 1 aromatic rings. The molecule has 1 aromatic carbocycles. The Kier molecular flexibility index (Phi) is 4.68. The highest BCUT2D eigenvalue weighted by atomic mass is 16.4. The van der Waals surface area contributed by atoms with Crippen molar-refractivity contribution in [2.45, 2.75) is 26.2 Å². The molecule has 3 nitrogen and oxygen atoms in total. The van der Waals surface area contributed by atoms with Crippen LogP contribution < -0.4 is 5.32 Å². The van der Waals surface area contributed by atoms with Crippen LogP contribution in [-0.2, 0) is 11.2 Å². The number of carbonyl (C=O) groups is 1. The van der Waals surface area contributed by atoms with Crippen molar-refractivity contribution in [2.75, 3.05) is 11.9 Å². The molecule has 0 aromatic heterocycles. The van der Waals surface area contributed by atoms with E-state index in [2.05, 4.69) is 18.3 Å². The summed E-state index contributed by atoms with van der Waals surface area (Å²) in [6, 6.07) is 8.11. The third-order valence-corrected chi connectivity index (χ3v) is 2.28. The number of aryl methyl sites for hydroxylation is 1. The minimum atomic E-state index is -0.736. The van der Waals surface area contributed by atoms with Crippen molar-refractivity contribution in [1.29, 1.82) is 0 Å². The smallest absolute Gasteiger partial charge is 0.303 e. The predicted molar refractivity (Wildman–Crippen MR) is 61.2 cm³/mol. The predicted octanol–water partition coefficient (Wildman–Crippen LogP) is 2.53. The molecule has 0 aliphatic carbocycles. The molecule has 0 aliphatic heterocycles. The molecule has 0 bridgehead atoms. The second kappa shape index (κ2) is 6.06. The van der Waals surface area contributed by atoms with Crippen LogP contribution in [0.2, 0.25) is 0 Å². The molecule has 0 radical (unpaired) electrons. The largest absolute Gasteiger partial charge is 0.481 e. The van der Waals surface area contributed by atoms with Gasteiger partial charge in [-0.3, -0.25) is 4.79 Å². The summed E-state index contributed by atoms with van der Waals surface area (Å²) < 4.78 is 0. The number of aliphatic carboxylic acids is 1. The van der Waals surface area contributed by atoms with Gasteiger partial charge in [-0.25, -0.2) is 0 Å². The number of carboxylic acid groups (broad SMARTS) is 1. The van der Waals surface area contributed by atoms with Crippen molar-refractivity contribution in [1.82, 2.24) is 0 Å². The molecule has 0 aliphatic rings. The van der Waals surface area contributed by atoms with Gasteiger partial charge in [0.05, 0.1) is 0 Å². The van der Waals surface area contributed by atoms with Crippen LogP contribution in [0.4, 0.5) is 5.69 Å². The van der Waals surface area contributed by atoms with Gasteiger partial charge in [0.15, 0.2) is 0 Å². The SMILES string of the molecule is CCc1ccccc1NCCCC(=O)O. The average molecular weight is 207 g/mol. The van der Waals surface area contributed by atoms with Crippen LogP contribution in [0.15, 0.2) is 24.3 Å². The van der Waals surface area contributed by atoms with Crippen LogP contribution in [0.5, 0.6) is 0 Å². The first-order valence-electron chi connectivity index (χ1n) is 5.27. The highest BCUT2D eigenvalue weighted by Crippen LogP contribution is 2.15. The maximum absolute atomic E-state index is 10.3. The average Bonchev–Trinajstić information content (AvgIpc) is 2.24. The fourth-order valence-electron chi connectivity index (χ4n) is 1.46. The summed E-state index contributed by atoms with van der Waals surface area (Å²) in [6.45, 7) is 2.82. The van der Waals surface area contributed by atoms with Gasteiger partial charge in [0.25, 0.3) is 0 Å². The Hall–Kier alpha value is -1.51. The quantitative estimate of drug-likeness (QED) is 0.705. The number of nitrogens with one attached hydrogen (secondary N) is 1. The summed E-state index contributed by atoms with van der Waals surface area (Å²) in [4.78, 5) is 10.3. The van der Waals surface area contributed by atoms with E-state index in [9.17, 15) is 4.79 Å². The van der Waals surface area contributed by atoms with Crippen molar-refractivity contribution in [3.63, 3.8) is 0 Å². The molecule has 1 rings (SSSR count). The maximum Gasteiger partial charge on any atom is 0.303 e. The first kappa shape index (κ1) is 11.6. The molecular formula is C12H17NO2. The third kappa shape index (κ3) is 4.02. The van der Waals surface area contributed by atoms with Gasteiger partial charge in [0.1, 0.15) is 0 Å². The zero-order valence-corrected chi connectivity index (χ0v) is 8.99. The van der Waals surface area contributed by atoms with E-state index in [1.54, 1.807) is 0 Å². The molecule has 3 heteroatoms. The Morgan fingerprint density at radius 3 is 2.80 bits per heavy atom. The summed E-state index contributed by atoms with van der Waals surface area (Å²) in [5.74, 6) is -0.736. The highest BCUT2D eigenvalue weighted by Gasteiger charge is 1.99. The van der Waals surface area contributed by atoms with Crippen LogP contribution in [0.3, 0.4) is 0 Å². The summed E-state index contributed by atoms with van der Waals surface area (Å²) >= 11 is 0. The molecule has 82 valence electrons. The van der Waals surface area contributed by atoms with Gasteiger partial charge in [-0.05, 0) is 24.5 Å². The molecular weight excluding hydrogens is 190 g/mol. The number of anilines is 1. The minimum Gasteiger partial charge on any atom is -0.481 e. The zero-order chi connectivity index (χ0) is 11.1. The number of hydrogen-bond acceptors (Lipinski definition) is 2. The Morgan fingerprint density at radius 1 is 1.40 bits per heavy atom. The number of carboxylic acids is 1. The molecule has 0 atom stereocenters. The molecule has 2 N–H and O–H groups in total. The Morgan fingerprint density at radius 2 is 2.13 bits per heavy atom. The molecule has 0 fully saturated rings. The zero-order valence-electron chi connectivity index (χ0n) is 8.99. The Balaban J connectivity index is 2.39. The van der Waals surface area contributed by atoms with Crippen molar-refractivity contribution in [3.05, 3.63) is 29.8 Å². The van der Waals surface area contributed by atoms with E-state index in [4.69, 9.17) is 5.11 Å². The van der Waals surface area contributed by atoms with E-state index in [-0.39, 0.29) is 6.42 Å². The Bertz CT molecular complexity index is 323. The summed E-state index contributed by atoms with van der Waals surface area (Å²) in [5.41, 5.74) is 2.39. The molecule has 0 spiro atoms. The first-order chi connectivity index (χ1) is 7.24. The second-order valence-electron chi connectivity index (χ2n) is 3.43. The fraction of sp³-hybridized carbons (Fsp3) is 0.417. The molecule has 15 heavy (non-hydrogen) atoms. The van der Waals surface area contributed by atoms with Gasteiger partial charge in [-0.15, -0.1) is 0 Å². The Labute approximate surface area is 90.1 Å². The van der Waals surface area contributed by atoms with Gasteiger partial charge in [-0.1, -0.05) is 25.1 Å². The van der Waals surface area contributed by atoms with Crippen molar-refractivity contribution in [2.24, 2.45) is 0 Å². The van der Waals surface area contributed by atoms with Crippen molar-refractivity contribution in [3.8, 4) is 0 Å². The van der Waals surface area contributed by atoms with E-state index in [0.717, 1.165) is 12.1 Å². The van der Waals surface area contributed by atoms with Gasteiger partial charge < -0.3 is 10.4 Å². The number of para-hydroxylation sites is 1. The monoisotopic (exact) mass is 207 g/mol. The molecule has 0 unspecified atom stereocenters. The van der Waals surface area contributed by atoms with Crippen LogP contribution in [0.25, 0.3) is 0 Å². The maximum atomic E-state index is 10.3. The third-order valence-electron chi connectivity index (χ3n) is 2.28. The minimum absolute atomic E-state index is 0.224. The number of benzene rings is 1. The van der Waals surface area contributed by atoms with Gasteiger partial charge in [0, 0.05) is 18.7 Å². The molecule has 0 amide bonds. The lowest BCUT2D eigenvalue weighted by Gasteiger charge is -2.09. The molecule has 0 heterocycles.